The summed E-state index contributed by atoms with van der Waals surface area (Å²) in [5.41, 5.74) is 11.5. The molecule has 1 rings (SSSR count). The molecule has 0 radical (unpaired) electrons. The smallest absolute Gasteiger partial charge is 0.305 e. The first-order valence-electron chi connectivity index (χ1n) is 6.01. The van der Waals surface area contributed by atoms with Crippen molar-refractivity contribution in [2.24, 2.45) is 11.5 Å². The summed E-state index contributed by atoms with van der Waals surface area (Å²) in [6.07, 6.45) is -0.287. The second-order valence-electron chi connectivity index (χ2n) is 4.36. The number of hydrogen-bond acceptors (Lipinski definition) is 4. The van der Waals surface area contributed by atoms with Crippen molar-refractivity contribution in [3.8, 4) is 0 Å². The zero-order valence-electron chi connectivity index (χ0n) is 10.8. The van der Waals surface area contributed by atoms with Crippen molar-refractivity contribution in [3.63, 3.8) is 0 Å². The summed E-state index contributed by atoms with van der Waals surface area (Å²) >= 11 is 0. The first kappa shape index (κ1) is 15.6. The lowest BCUT2D eigenvalue weighted by atomic mass is 10.0. The minimum atomic E-state index is -1.22. The lowest BCUT2D eigenvalue weighted by Gasteiger charge is -2.18. The molecule has 0 fully saturated rings. The quantitative estimate of drug-likeness (QED) is 0.507. The molecule has 6 N–H and O–H groups in total. The highest BCUT2D eigenvalue weighted by Crippen LogP contribution is 2.03. The number of aliphatic carboxylic acids is 1. The van der Waals surface area contributed by atoms with Crippen LogP contribution in [0.2, 0.25) is 0 Å². The van der Waals surface area contributed by atoms with E-state index in [0.29, 0.717) is 0 Å². The molecule has 20 heavy (non-hydrogen) atoms. The molecule has 7 nitrogen and oxygen atoms in total. The van der Waals surface area contributed by atoms with Crippen LogP contribution in [-0.2, 0) is 20.8 Å². The van der Waals surface area contributed by atoms with Gasteiger partial charge in [-0.2, -0.15) is 0 Å². The molecule has 0 unspecified atom stereocenters. The van der Waals surface area contributed by atoms with E-state index in [2.05, 4.69) is 5.32 Å². The number of carboxylic acids is 1. The molecule has 0 saturated heterocycles. The van der Waals surface area contributed by atoms with E-state index in [4.69, 9.17) is 16.6 Å². The Morgan fingerprint density at radius 3 is 2.30 bits per heavy atom. The van der Waals surface area contributed by atoms with Gasteiger partial charge in [0, 0.05) is 6.42 Å². The molecule has 2 atom stereocenters. The van der Waals surface area contributed by atoms with Gasteiger partial charge in [-0.1, -0.05) is 30.3 Å². The van der Waals surface area contributed by atoms with Crippen LogP contribution in [0, 0.1) is 0 Å². The number of carbonyl (C=O) groups is 3. The minimum Gasteiger partial charge on any atom is -0.481 e. The zero-order valence-corrected chi connectivity index (χ0v) is 10.8. The monoisotopic (exact) mass is 279 g/mol. The normalized spacial score (nSPS) is 13.2. The fourth-order valence-electron chi connectivity index (χ4n) is 1.63. The number of primary amides is 1. The van der Waals surface area contributed by atoms with E-state index in [1.54, 1.807) is 24.3 Å². The number of hydrogen-bond donors (Lipinski definition) is 4. The van der Waals surface area contributed by atoms with E-state index in [0.717, 1.165) is 5.56 Å². The van der Waals surface area contributed by atoms with Crippen molar-refractivity contribution in [1.29, 1.82) is 0 Å². The molecule has 0 spiro atoms. The number of carbonyl (C=O) groups excluding carboxylic acids is 2. The highest BCUT2D eigenvalue weighted by Gasteiger charge is 2.23. The predicted octanol–water partition coefficient (Wildman–Crippen LogP) is -0.999. The Hall–Kier alpha value is -2.41. The van der Waals surface area contributed by atoms with Crippen LogP contribution in [0.1, 0.15) is 12.0 Å². The van der Waals surface area contributed by atoms with E-state index >= 15 is 0 Å². The molecular formula is C13H17N3O4. The van der Waals surface area contributed by atoms with Gasteiger partial charge in [-0.3, -0.25) is 14.4 Å². The maximum absolute atomic E-state index is 11.7. The highest BCUT2D eigenvalue weighted by atomic mass is 16.4. The molecular weight excluding hydrogens is 262 g/mol. The van der Waals surface area contributed by atoms with Gasteiger partial charge in [0.1, 0.15) is 6.04 Å². The molecule has 0 aliphatic rings. The largest absolute Gasteiger partial charge is 0.481 e. The number of amides is 2. The van der Waals surface area contributed by atoms with Crippen LogP contribution in [0.25, 0.3) is 0 Å². The Kier molecular flexibility index (Phi) is 5.67. The van der Waals surface area contributed by atoms with Crippen molar-refractivity contribution in [3.05, 3.63) is 35.9 Å². The van der Waals surface area contributed by atoms with E-state index < -0.39 is 36.3 Å². The number of carboxylic acid groups (broad SMARTS) is 1. The fraction of sp³-hybridized carbons (Fsp3) is 0.308. The van der Waals surface area contributed by atoms with Gasteiger partial charge in [-0.05, 0) is 5.56 Å². The maximum atomic E-state index is 11.7. The molecule has 2 amide bonds. The van der Waals surface area contributed by atoms with Gasteiger partial charge in [0.15, 0.2) is 0 Å². The van der Waals surface area contributed by atoms with Gasteiger partial charge in [-0.25, -0.2) is 0 Å². The average molecular weight is 279 g/mol. The van der Waals surface area contributed by atoms with Crippen LogP contribution >= 0.6 is 0 Å². The topological polar surface area (TPSA) is 136 Å². The minimum absolute atomic E-state index is 0.224. The molecule has 108 valence electrons. The SMILES string of the molecule is NC(=O)[C@H](Cc1ccccc1)NC(=O)[C@@H](N)CC(=O)O. The van der Waals surface area contributed by atoms with Gasteiger partial charge in [0.2, 0.25) is 11.8 Å². The van der Waals surface area contributed by atoms with Crippen molar-refractivity contribution in [2.45, 2.75) is 24.9 Å². The molecule has 7 heteroatoms. The first-order chi connectivity index (χ1) is 9.40. The maximum Gasteiger partial charge on any atom is 0.305 e. The Balaban J connectivity index is 2.66. The standard InChI is InChI=1S/C13H17N3O4/c14-9(7-11(17)18)13(20)16-10(12(15)19)6-8-4-2-1-3-5-8/h1-5,9-10H,6-7,14H2,(H2,15,19)(H,16,20)(H,17,18)/t9-,10-/m0/s1. The summed E-state index contributed by atoms with van der Waals surface area (Å²) in [6.45, 7) is 0. The van der Waals surface area contributed by atoms with Gasteiger partial charge in [0.05, 0.1) is 12.5 Å². The summed E-state index contributed by atoms with van der Waals surface area (Å²) in [6, 6.07) is 6.86. The second kappa shape index (κ2) is 7.25. The van der Waals surface area contributed by atoms with Crippen LogP contribution in [0.5, 0.6) is 0 Å². The Labute approximate surface area is 115 Å². The summed E-state index contributed by atoms with van der Waals surface area (Å²) in [5.74, 6) is -2.61. The average Bonchev–Trinajstić information content (AvgIpc) is 2.38. The zero-order chi connectivity index (χ0) is 15.1. The van der Waals surface area contributed by atoms with Gasteiger partial charge >= 0.3 is 5.97 Å². The Bertz CT molecular complexity index is 490. The molecule has 0 saturated carbocycles. The molecule has 0 aromatic heterocycles. The summed E-state index contributed by atoms with van der Waals surface area (Å²) < 4.78 is 0. The number of nitrogens with one attached hydrogen (secondary N) is 1. The summed E-state index contributed by atoms with van der Waals surface area (Å²) in [5, 5.41) is 10.9. The van der Waals surface area contributed by atoms with Crippen molar-refractivity contribution < 1.29 is 19.5 Å². The summed E-state index contributed by atoms with van der Waals surface area (Å²) in [7, 11) is 0. The van der Waals surface area contributed by atoms with Crippen LogP contribution in [0.4, 0.5) is 0 Å². The number of rotatable bonds is 7. The summed E-state index contributed by atoms with van der Waals surface area (Å²) in [4.78, 5) is 33.5. The Morgan fingerprint density at radius 2 is 1.80 bits per heavy atom. The highest BCUT2D eigenvalue weighted by molar-refractivity contribution is 5.90. The first-order valence-corrected chi connectivity index (χ1v) is 6.01. The number of nitrogens with two attached hydrogens (primary N) is 2. The molecule has 1 aromatic rings. The number of benzene rings is 1. The van der Waals surface area contributed by atoms with E-state index in [9.17, 15) is 14.4 Å². The Morgan fingerprint density at radius 1 is 1.20 bits per heavy atom. The molecule has 0 aliphatic carbocycles. The van der Waals surface area contributed by atoms with Crippen LogP contribution < -0.4 is 16.8 Å². The predicted molar refractivity (Wildman–Crippen MR) is 71.5 cm³/mol. The third-order valence-corrected chi connectivity index (χ3v) is 2.67. The molecule has 0 bridgehead atoms. The third kappa shape index (κ3) is 5.07. The van der Waals surface area contributed by atoms with Gasteiger partial charge in [-0.15, -0.1) is 0 Å². The fourth-order valence-corrected chi connectivity index (χ4v) is 1.63. The second-order valence-corrected chi connectivity index (χ2v) is 4.36. The lowest BCUT2D eigenvalue weighted by Crippen LogP contribution is -2.51. The van der Waals surface area contributed by atoms with Crippen LogP contribution in [0.15, 0.2) is 30.3 Å². The van der Waals surface area contributed by atoms with E-state index in [-0.39, 0.29) is 6.42 Å². The van der Waals surface area contributed by atoms with Gasteiger partial charge < -0.3 is 21.9 Å². The lowest BCUT2D eigenvalue weighted by molar-refractivity contribution is -0.139. The van der Waals surface area contributed by atoms with Gasteiger partial charge in [0.25, 0.3) is 0 Å². The van der Waals surface area contributed by atoms with E-state index in [1.165, 1.54) is 0 Å². The van der Waals surface area contributed by atoms with Crippen LogP contribution in [-0.4, -0.2) is 35.0 Å². The molecule has 0 aliphatic heterocycles. The van der Waals surface area contributed by atoms with Crippen molar-refractivity contribution in [1.82, 2.24) is 5.32 Å². The molecule has 0 heterocycles. The molecule has 1 aromatic carbocycles. The van der Waals surface area contributed by atoms with E-state index in [1.807, 2.05) is 6.07 Å². The van der Waals surface area contributed by atoms with Crippen molar-refractivity contribution >= 4 is 17.8 Å². The van der Waals surface area contributed by atoms with Crippen molar-refractivity contribution in [2.75, 3.05) is 0 Å². The van der Waals surface area contributed by atoms with Crippen LogP contribution in [0.3, 0.4) is 0 Å². The third-order valence-electron chi connectivity index (χ3n) is 2.67.